The van der Waals surface area contributed by atoms with Crippen LogP contribution in [-0.4, -0.2) is 23.3 Å². The Morgan fingerprint density at radius 1 is 1.00 bits per heavy atom. The first kappa shape index (κ1) is 11.4. The van der Waals surface area contributed by atoms with E-state index >= 15 is 0 Å². The van der Waals surface area contributed by atoms with E-state index < -0.39 is 0 Å². The zero-order chi connectivity index (χ0) is 12.2. The minimum Gasteiger partial charge on any atom is -0.415 e. The van der Waals surface area contributed by atoms with Crippen molar-refractivity contribution in [2.45, 2.75) is 25.8 Å². The highest BCUT2D eigenvalue weighted by Crippen LogP contribution is 2.16. The van der Waals surface area contributed by atoms with Crippen molar-refractivity contribution < 1.29 is 9.32 Å². The van der Waals surface area contributed by atoms with Crippen LogP contribution < -0.4 is 4.90 Å². The number of benzene rings is 1. The number of nitrogens with one attached hydrogen (secondary N) is 1. The summed E-state index contributed by atoms with van der Waals surface area (Å²) in [4.78, 5) is 1.56. The van der Waals surface area contributed by atoms with Gasteiger partial charge < -0.3 is 9.32 Å². The SMILES string of the molecule is c1ccc(-c2nnc(C[NH+]3CCCCC3)o2)cc1. The van der Waals surface area contributed by atoms with Gasteiger partial charge in [0, 0.05) is 5.56 Å². The molecule has 0 amide bonds. The fraction of sp³-hybridized carbons (Fsp3) is 0.429. The highest BCUT2D eigenvalue weighted by atomic mass is 16.4. The van der Waals surface area contributed by atoms with Gasteiger partial charge in [-0.15, -0.1) is 10.2 Å². The van der Waals surface area contributed by atoms with Gasteiger partial charge in [-0.25, -0.2) is 0 Å². The average Bonchev–Trinajstić information content (AvgIpc) is 2.89. The molecule has 0 radical (unpaired) electrons. The Kier molecular flexibility index (Phi) is 3.37. The second-order valence-electron chi connectivity index (χ2n) is 4.85. The molecule has 0 aliphatic carbocycles. The summed E-state index contributed by atoms with van der Waals surface area (Å²) >= 11 is 0. The third kappa shape index (κ3) is 2.59. The predicted octanol–water partition coefficient (Wildman–Crippen LogP) is 1.31. The summed E-state index contributed by atoms with van der Waals surface area (Å²) in [5, 5.41) is 8.27. The quantitative estimate of drug-likeness (QED) is 0.885. The van der Waals surface area contributed by atoms with Crippen LogP contribution in [0.15, 0.2) is 34.7 Å². The molecule has 0 unspecified atom stereocenters. The Hall–Kier alpha value is -1.68. The number of aromatic nitrogens is 2. The van der Waals surface area contributed by atoms with Gasteiger partial charge in [0.2, 0.25) is 5.89 Å². The molecule has 0 atom stereocenters. The number of rotatable bonds is 3. The van der Waals surface area contributed by atoms with Gasteiger partial charge in [0.15, 0.2) is 6.54 Å². The van der Waals surface area contributed by atoms with Crippen LogP contribution in [0, 0.1) is 0 Å². The first-order chi connectivity index (χ1) is 8.92. The minimum absolute atomic E-state index is 0.627. The van der Waals surface area contributed by atoms with E-state index in [1.54, 1.807) is 4.90 Å². The van der Waals surface area contributed by atoms with Crippen LogP contribution in [0.5, 0.6) is 0 Å². The number of likely N-dealkylation sites (tertiary alicyclic amines) is 1. The van der Waals surface area contributed by atoms with Crippen LogP contribution in [0.3, 0.4) is 0 Å². The van der Waals surface area contributed by atoms with Crippen LogP contribution in [0.1, 0.15) is 25.2 Å². The predicted molar refractivity (Wildman–Crippen MR) is 68.0 cm³/mol. The molecule has 4 nitrogen and oxygen atoms in total. The van der Waals surface area contributed by atoms with Crippen LogP contribution in [0.25, 0.3) is 11.5 Å². The van der Waals surface area contributed by atoms with Crippen molar-refractivity contribution in [1.82, 2.24) is 10.2 Å². The molecule has 4 heteroatoms. The van der Waals surface area contributed by atoms with Crippen molar-refractivity contribution in [2.75, 3.05) is 13.1 Å². The van der Waals surface area contributed by atoms with E-state index in [9.17, 15) is 0 Å². The summed E-state index contributed by atoms with van der Waals surface area (Å²) in [6.07, 6.45) is 3.99. The maximum atomic E-state index is 5.73. The van der Waals surface area contributed by atoms with E-state index in [0.717, 1.165) is 18.0 Å². The smallest absolute Gasteiger partial charge is 0.271 e. The first-order valence-electron chi connectivity index (χ1n) is 6.63. The van der Waals surface area contributed by atoms with Crippen molar-refractivity contribution in [3.63, 3.8) is 0 Å². The summed E-state index contributed by atoms with van der Waals surface area (Å²) in [5.41, 5.74) is 0.991. The highest BCUT2D eigenvalue weighted by Gasteiger charge is 2.17. The fourth-order valence-electron chi connectivity index (χ4n) is 2.46. The molecule has 2 aromatic rings. The maximum Gasteiger partial charge on any atom is 0.271 e. The molecule has 0 saturated carbocycles. The van der Waals surface area contributed by atoms with Crippen molar-refractivity contribution in [1.29, 1.82) is 0 Å². The number of piperidine rings is 1. The van der Waals surface area contributed by atoms with Gasteiger partial charge in [0.05, 0.1) is 13.1 Å². The van der Waals surface area contributed by atoms with Crippen LogP contribution in [0.2, 0.25) is 0 Å². The first-order valence-corrected chi connectivity index (χ1v) is 6.63. The average molecular weight is 244 g/mol. The maximum absolute atomic E-state index is 5.73. The van der Waals surface area contributed by atoms with Gasteiger partial charge in [0.25, 0.3) is 5.89 Å². The summed E-state index contributed by atoms with van der Waals surface area (Å²) in [5.74, 6) is 1.38. The lowest BCUT2D eigenvalue weighted by atomic mass is 10.1. The van der Waals surface area contributed by atoms with Gasteiger partial charge in [-0.05, 0) is 31.4 Å². The molecule has 1 aliphatic rings. The molecule has 94 valence electrons. The largest absolute Gasteiger partial charge is 0.415 e. The molecule has 1 aromatic heterocycles. The monoisotopic (exact) mass is 244 g/mol. The zero-order valence-electron chi connectivity index (χ0n) is 10.4. The van der Waals surface area contributed by atoms with Gasteiger partial charge >= 0.3 is 0 Å². The Bertz CT molecular complexity index is 489. The Balaban J connectivity index is 1.69. The molecule has 0 bridgehead atoms. The number of hydrogen-bond donors (Lipinski definition) is 1. The summed E-state index contributed by atoms with van der Waals surface area (Å²) in [7, 11) is 0. The number of nitrogens with zero attached hydrogens (tertiary/aromatic N) is 2. The Morgan fingerprint density at radius 2 is 1.78 bits per heavy atom. The van der Waals surface area contributed by atoms with Crippen molar-refractivity contribution in [3.05, 3.63) is 36.2 Å². The lowest BCUT2D eigenvalue weighted by molar-refractivity contribution is -0.919. The lowest BCUT2D eigenvalue weighted by Gasteiger charge is -2.21. The van der Waals surface area contributed by atoms with E-state index in [-0.39, 0.29) is 0 Å². The van der Waals surface area contributed by atoms with E-state index in [4.69, 9.17) is 4.42 Å². The molecule has 1 saturated heterocycles. The van der Waals surface area contributed by atoms with Crippen LogP contribution in [-0.2, 0) is 6.54 Å². The molecular weight excluding hydrogens is 226 g/mol. The minimum atomic E-state index is 0.627. The fourth-order valence-corrected chi connectivity index (χ4v) is 2.46. The highest BCUT2D eigenvalue weighted by molar-refractivity contribution is 5.51. The lowest BCUT2D eigenvalue weighted by Crippen LogP contribution is -3.11. The summed E-state index contributed by atoms with van der Waals surface area (Å²) < 4.78 is 5.73. The van der Waals surface area contributed by atoms with Crippen molar-refractivity contribution >= 4 is 0 Å². The zero-order valence-corrected chi connectivity index (χ0v) is 10.4. The second-order valence-corrected chi connectivity index (χ2v) is 4.85. The number of quaternary nitrogens is 1. The summed E-state index contributed by atoms with van der Waals surface area (Å²) in [6, 6.07) is 9.93. The van der Waals surface area contributed by atoms with Gasteiger partial charge in [-0.3, -0.25) is 0 Å². The van der Waals surface area contributed by atoms with Crippen molar-refractivity contribution in [2.24, 2.45) is 0 Å². The normalized spacial score (nSPS) is 16.9. The molecule has 3 rings (SSSR count). The van der Waals surface area contributed by atoms with E-state index in [1.807, 2.05) is 30.3 Å². The molecule has 1 aromatic carbocycles. The molecule has 1 fully saturated rings. The summed E-state index contributed by atoms with van der Waals surface area (Å²) in [6.45, 7) is 3.31. The van der Waals surface area contributed by atoms with Crippen molar-refractivity contribution in [3.8, 4) is 11.5 Å². The molecule has 0 spiro atoms. The van der Waals surface area contributed by atoms with E-state index in [2.05, 4.69) is 10.2 Å². The van der Waals surface area contributed by atoms with E-state index in [0.29, 0.717) is 5.89 Å². The molecule has 1 N–H and O–H groups in total. The third-order valence-electron chi connectivity index (χ3n) is 3.45. The topological polar surface area (TPSA) is 43.4 Å². The Morgan fingerprint density at radius 3 is 2.56 bits per heavy atom. The van der Waals surface area contributed by atoms with Gasteiger partial charge in [-0.2, -0.15) is 0 Å². The van der Waals surface area contributed by atoms with E-state index in [1.165, 1.54) is 32.4 Å². The van der Waals surface area contributed by atoms with Crippen LogP contribution in [0.4, 0.5) is 0 Å². The van der Waals surface area contributed by atoms with Crippen LogP contribution >= 0.6 is 0 Å². The molecule has 1 aliphatic heterocycles. The standard InChI is InChI=1S/C14H17N3O/c1-3-7-12(8-4-1)14-16-15-13(18-14)11-17-9-5-2-6-10-17/h1,3-4,7-8H,2,5-6,9-11H2/p+1. The molecule has 18 heavy (non-hydrogen) atoms. The molecule has 2 heterocycles. The number of hydrogen-bond acceptors (Lipinski definition) is 3. The van der Waals surface area contributed by atoms with Gasteiger partial charge in [0.1, 0.15) is 0 Å². The second kappa shape index (κ2) is 5.31. The third-order valence-corrected chi connectivity index (χ3v) is 3.45. The molecular formula is C14H18N3O+. The van der Waals surface area contributed by atoms with Gasteiger partial charge in [-0.1, -0.05) is 18.2 Å². The Labute approximate surface area is 107 Å².